The maximum atomic E-state index is 8.96. The maximum absolute atomic E-state index is 8.96. The highest BCUT2D eigenvalue weighted by atomic mass is 16.3. The molecular weight excluding hydrogens is 300 g/mol. The fourth-order valence-electron chi connectivity index (χ4n) is 1.40. The number of aromatic hydroxyl groups is 4. The lowest BCUT2D eigenvalue weighted by molar-refractivity contribution is 0.274. The second-order valence-electron chi connectivity index (χ2n) is 4.65. The predicted molar refractivity (Wildman–Crippen MR) is 87.4 cm³/mol. The zero-order valence-electron chi connectivity index (χ0n) is 13.3. The summed E-state index contributed by atoms with van der Waals surface area (Å²) in [6.45, 7) is 3.72. The highest BCUT2D eigenvalue weighted by Crippen LogP contribution is 2.22. The van der Waals surface area contributed by atoms with Gasteiger partial charge in [-0.15, -0.1) is 0 Å². The molecule has 0 spiro atoms. The molecule has 0 aliphatic heterocycles. The largest absolute Gasteiger partial charge is 0.508 e. The van der Waals surface area contributed by atoms with Crippen LogP contribution in [0.2, 0.25) is 0 Å². The van der Waals surface area contributed by atoms with Crippen LogP contribution < -0.4 is 0 Å². The van der Waals surface area contributed by atoms with Gasteiger partial charge in [-0.3, -0.25) is 0 Å². The van der Waals surface area contributed by atoms with Crippen LogP contribution >= 0.6 is 0 Å². The van der Waals surface area contributed by atoms with Crippen LogP contribution in [0.15, 0.2) is 36.4 Å². The van der Waals surface area contributed by atoms with Crippen molar-refractivity contribution in [1.29, 1.82) is 0 Å². The molecule has 0 aliphatic carbocycles. The van der Waals surface area contributed by atoms with Crippen molar-refractivity contribution in [2.45, 2.75) is 33.5 Å². The number of aliphatic hydroxyl groups excluding tert-OH is 2. The van der Waals surface area contributed by atoms with E-state index in [-0.39, 0.29) is 36.2 Å². The number of phenolic OH excluding ortho intramolecular Hbond substituents is 2. The van der Waals surface area contributed by atoms with Gasteiger partial charge in [0.1, 0.15) is 23.0 Å². The van der Waals surface area contributed by atoms with Crippen molar-refractivity contribution in [2.75, 3.05) is 0 Å². The number of rotatable bonds is 2. The van der Waals surface area contributed by atoms with E-state index in [1.54, 1.807) is 0 Å². The number of aliphatic hydroxyl groups is 2. The summed E-state index contributed by atoms with van der Waals surface area (Å²) in [4.78, 5) is 0. The average Bonchev–Trinajstić information content (AvgIpc) is 2.53. The maximum Gasteiger partial charge on any atom is 0.121 e. The van der Waals surface area contributed by atoms with E-state index in [0.29, 0.717) is 11.1 Å². The summed E-state index contributed by atoms with van der Waals surface area (Å²) in [5, 5.41) is 52.8. The molecule has 23 heavy (non-hydrogen) atoms. The van der Waals surface area contributed by atoms with Crippen LogP contribution in [-0.2, 0) is 13.2 Å². The van der Waals surface area contributed by atoms with Crippen molar-refractivity contribution in [1.82, 2.24) is 0 Å². The van der Waals surface area contributed by atoms with Gasteiger partial charge in [-0.2, -0.15) is 0 Å². The molecule has 0 radical (unpaired) electrons. The molecule has 0 saturated heterocycles. The van der Waals surface area contributed by atoms with Crippen molar-refractivity contribution in [3.63, 3.8) is 0 Å². The van der Waals surface area contributed by atoms with Crippen molar-refractivity contribution in [2.24, 2.45) is 0 Å². The standard InChI is InChI=1S/2C7H8O3.C3H8/c2*8-4-5-3-6(9)1-2-7(5)10;1-3-2/h2*1-3,8-10H,4H2;3H2,1-2H3. The second-order valence-corrected chi connectivity index (χ2v) is 4.65. The van der Waals surface area contributed by atoms with Crippen molar-refractivity contribution in [3.8, 4) is 23.0 Å². The topological polar surface area (TPSA) is 121 Å². The Morgan fingerprint density at radius 1 is 0.652 bits per heavy atom. The molecule has 0 saturated carbocycles. The minimum atomic E-state index is -0.264. The highest BCUT2D eigenvalue weighted by Gasteiger charge is 1.99. The van der Waals surface area contributed by atoms with E-state index in [0.717, 1.165) is 0 Å². The molecule has 6 heteroatoms. The normalized spacial score (nSPS) is 9.22. The fourth-order valence-corrected chi connectivity index (χ4v) is 1.40. The first-order valence-corrected chi connectivity index (χ1v) is 7.12. The minimum absolute atomic E-state index is 0.000278. The number of hydrogen-bond acceptors (Lipinski definition) is 6. The Labute approximate surface area is 135 Å². The molecule has 0 heterocycles. The average molecular weight is 324 g/mol. The summed E-state index contributed by atoms with van der Waals surface area (Å²) in [6.07, 6.45) is 1.25. The minimum Gasteiger partial charge on any atom is -0.508 e. The lowest BCUT2D eigenvalue weighted by Crippen LogP contribution is -1.82. The van der Waals surface area contributed by atoms with E-state index in [1.807, 2.05) is 0 Å². The van der Waals surface area contributed by atoms with Gasteiger partial charge in [0.05, 0.1) is 13.2 Å². The Morgan fingerprint density at radius 2 is 0.957 bits per heavy atom. The van der Waals surface area contributed by atoms with Crippen LogP contribution in [0.25, 0.3) is 0 Å². The molecule has 6 N–H and O–H groups in total. The summed E-state index contributed by atoms with van der Waals surface area (Å²) < 4.78 is 0. The summed E-state index contributed by atoms with van der Waals surface area (Å²) in [5.41, 5.74) is 0.667. The molecule has 0 bridgehead atoms. The predicted octanol–water partition coefficient (Wildman–Crippen LogP) is 2.60. The summed E-state index contributed by atoms with van der Waals surface area (Å²) >= 11 is 0. The monoisotopic (exact) mass is 324 g/mol. The quantitative estimate of drug-likeness (QED) is 0.472. The molecule has 0 unspecified atom stereocenters. The van der Waals surface area contributed by atoms with E-state index >= 15 is 0 Å². The molecule has 2 aromatic carbocycles. The Balaban J connectivity index is 0.000000360. The van der Waals surface area contributed by atoms with Crippen LogP contribution in [-0.4, -0.2) is 30.6 Å². The molecule has 128 valence electrons. The smallest absolute Gasteiger partial charge is 0.121 e. The summed E-state index contributed by atoms with van der Waals surface area (Å²) in [5.74, 6) is 0.0873. The van der Waals surface area contributed by atoms with Crippen LogP contribution in [0.4, 0.5) is 0 Å². The molecule has 0 fully saturated rings. The van der Waals surface area contributed by atoms with Gasteiger partial charge in [-0.05, 0) is 36.4 Å². The molecule has 2 aromatic rings. The number of phenols is 4. The van der Waals surface area contributed by atoms with Gasteiger partial charge < -0.3 is 30.6 Å². The first-order valence-electron chi connectivity index (χ1n) is 7.12. The molecule has 2 rings (SSSR count). The van der Waals surface area contributed by atoms with Crippen LogP contribution in [0.3, 0.4) is 0 Å². The lowest BCUT2D eigenvalue weighted by atomic mass is 10.2. The zero-order valence-corrected chi connectivity index (χ0v) is 13.3. The Hall–Kier alpha value is -2.44. The molecule has 0 aliphatic rings. The third-order valence-corrected chi connectivity index (χ3v) is 2.47. The van der Waals surface area contributed by atoms with Crippen molar-refractivity contribution < 1.29 is 30.6 Å². The highest BCUT2D eigenvalue weighted by molar-refractivity contribution is 5.38. The van der Waals surface area contributed by atoms with E-state index in [1.165, 1.54) is 42.8 Å². The van der Waals surface area contributed by atoms with Gasteiger partial charge in [-0.25, -0.2) is 0 Å². The number of hydrogen-bond donors (Lipinski definition) is 6. The Bertz CT molecular complexity index is 532. The van der Waals surface area contributed by atoms with Crippen molar-refractivity contribution >= 4 is 0 Å². The van der Waals surface area contributed by atoms with Crippen LogP contribution in [0.5, 0.6) is 23.0 Å². The lowest BCUT2D eigenvalue weighted by Gasteiger charge is -1.99. The zero-order chi connectivity index (χ0) is 17.8. The van der Waals surface area contributed by atoms with Gasteiger partial charge >= 0.3 is 0 Å². The third kappa shape index (κ3) is 7.94. The van der Waals surface area contributed by atoms with E-state index in [9.17, 15) is 0 Å². The van der Waals surface area contributed by atoms with Gasteiger partial charge in [0.15, 0.2) is 0 Å². The number of benzene rings is 2. The summed E-state index contributed by atoms with van der Waals surface area (Å²) in [7, 11) is 0. The Morgan fingerprint density at radius 3 is 1.17 bits per heavy atom. The van der Waals surface area contributed by atoms with E-state index < -0.39 is 0 Å². The second kappa shape index (κ2) is 11.2. The van der Waals surface area contributed by atoms with E-state index in [2.05, 4.69) is 13.8 Å². The van der Waals surface area contributed by atoms with Crippen LogP contribution in [0, 0.1) is 0 Å². The SMILES string of the molecule is CCC.OCc1cc(O)ccc1O.OCc1cc(O)ccc1O. The van der Waals surface area contributed by atoms with Gasteiger partial charge in [0, 0.05) is 11.1 Å². The molecular formula is C17H24O6. The van der Waals surface area contributed by atoms with E-state index in [4.69, 9.17) is 30.6 Å². The van der Waals surface area contributed by atoms with Gasteiger partial charge in [0.2, 0.25) is 0 Å². The molecule has 6 nitrogen and oxygen atoms in total. The van der Waals surface area contributed by atoms with Crippen LogP contribution in [0.1, 0.15) is 31.4 Å². The molecule has 0 aromatic heterocycles. The summed E-state index contributed by atoms with van der Waals surface area (Å²) in [6, 6.07) is 8.01. The van der Waals surface area contributed by atoms with Gasteiger partial charge in [0.25, 0.3) is 0 Å². The van der Waals surface area contributed by atoms with Gasteiger partial charge in [-0.1, -0.05) is 20.3 Å². The third-order valence-electron chi connectivity index (χ3n) is 2.47. The first kappa shape index (κ1) is 20.6. The van der Waals surface area contributed by atoms with Crippen molar-refractivity contribution in [3.05, 3.63) is 47.5 Å². The molecule has 0 amide bonds. The Kier molecular flexibility index (Phi) is 9.99. The molecule has 0 atom stereocenters. The first-order chi connectivity index (χ1) is 10.9. The fraction of sp³-hybridized carbons (Fsp3) is 0.294.